The molecule has 5 nitrogen and oxygen atoms in total. The van der Waals surface area contributed by atoms with Gasteiger partial charge in [-0.05, 0) is 12.1 Å². The molecule has 5 heteroatoms. The van der Waals surface area contributed by atoms with Crippen LogP contribution in [0.25, 0.3) is 5.65 Å². The number of hydrogen-bond acceptors (Lipinski definition) is 4. The van der Waals surface area contributed by atoms with Gasteiger partial charge in [-0.2, -0.15) is 4.52 Å². The number of hydrogen-bond donors (Lipinski definition) is 1. The van der Waals surface area contributed by atoms with Crippen LogP contribution in [0.2, 0.25) is 0 Å². The zero-order chi connectivity index (χ0) is 9.42. The van der Waals surface area contributed by atoms with E-state index in [0.29, 0.717) is 11.7 Å². The summed E-state index contributed by atoms with van der Waals surface area (Å²) in [6, 6.07) is 3.52. The Morgan fingerprint density at radius 3 is 2.77 bits per heavy atom. The van der Waals surface area contributed by atoms with Gasteiger partial charge in [0.25, 0.3) is 0 Å². The second-order valence-corrected chi connectivity index (χ2v) is 3.24. The van der Waals surface area contributed by atoms with Crippen LogP contribution in [0.5, 0.6) is 0 Å². The average Bonchev–Trinajstić information content (AvgIpc) is 2.46. The summed E-state index contributed by atoms with van der Waals surface area (Å²) in [5, 5.41) is 12.1. The fourth-order valence-corrected chi connectivity index (χ4v) is 1.18. The van der Waals surface area contributed by atoms with Crippen molar-refractivity contribution in [3.8, 4) is 0 Å². The zero-order valence-corrected chi connectivity index (χ0v) is 7.60. The molecule has 0 spiro atoms. The minimum atomic E-state index is 0.296. The molecule has 0 aliphatic heterocycles. The third kappa shape index (κ3) is 1.22. The molecule has 0 atom stereocenters. The van der Waals surface area contributed by atoms with E-state index in [4.69, 9.17) is 5.73 Å². The lowest BCUT2D eigenvalue weighted by molar-refractivity contribution is 0.723. The molecule has 2 heterocycles. The highest BCUT2D eigenvalue weighted by Gasteiger charge is 2.09. The van der Waals surface area contributed by atoms with Gasteiger partial charge in [0.15, 0.2) is 11.5 Å². The summed E-state index contributed by atoms with van der Waals surface area (Å²) in [6.45, 7) is 4.09. The number of nitrogens with zero attached hydrogens (tertiary/aromatic N) is 4. The highest BCUT2D eigenvalue weighted by Crippen LogP contribution is 2.12. The lowest BCUT2D eigenvalue weighted by Crippen LogP contribution is -2.03. The van der Waals surface area contributed by atoms with Gasteiger partial charge in [0.2, 0.25) is 0 Å². The first kappa shape index (κ1) is 7.97. The third-order valence-corrected chi connectivity index (χ3v) is 1.82. The van der Waals surface area contributed by atoms with E-state index >= 15 is 0 Å². The van der Waals surface area contributed by atoms with Crippen LogP contribution < -0.4 is 5.73 Å². The standard InChI is InChI=1S/C8H11N5/c1-5(2)8-11-10-7-4-3-6(9)12-13(7)8/h3-5H,1-2H3,(H2,9,12). The molecule has 2 aromatic rings. The molecule has 0 bridgehead atoms. The summed E-state index contributed by atoms with van der Waals surface area (Å²) in [7, 11) is 0. The van der Waals surface area contributed by atoms with E-state index < -0.39 is 0 Å². The first-order valence-electron chi connectivity index (χ1n) is 4.16. The summed E-state index contributed by atoms with van der Waals surface area (Å²) < 4.78 is 1.68. The van der Waals surface area contributed by atoms with Crippen LogP contribution >= 0.6 is 0 Å². The van der Waals surface area contributed by atoms with Crippen molar-refractivity contribution in [2.75, 3.05) is 5.73 Å². The molecule has 0 fully saturated rings. The van der Waals surface area contributed by atoms with Crippen molar-refractivity contribution in [2.24, 2.45) is 0 Å². The fraction of sp³-hybridized carbons (Fsp3) is 0.375. The van der Waals surface area contributed by atoms with E-state index in [9.17, 15) is 0 Å². The average molecular weight is 177 g/mol. The van der Waals surface area contributed by atoms with Crippen molar-refractivity contribution in [3.63, 3.8) is 0 Å². The molecule has 0 amide bonds. The predicted octanol–water partition coefficient (Wildman–Crippen LogP) is 0.830. The topological polar surface area (TPSA) is 69.1 Å². The molecule has 2 N–H and O–H groups in total. The number of anilines is 1. The van der Waals surface area contributed by atoms with Crippen LogP contribution in [0.15, 0.2) is 12.1 Å². The summed E-state index contributed by atoms with van der Waals surface area (Å²) in [5.74, 6) is 1.61. The fourth-order valence-electron chi connectivity index (χ4n) is 1.18. The molecule has 13 heavy (non-hydrogen) atoms. The van der Waals surface area contributed by atoms with Crippen molar-refractivity contribution < 1.29 is 0 Å². The predicted molar refractivity (Wildman–Crippen MR) is 49.3 cm³/mol. The quantitative estimate of drug-likeness (QED) is 0.700. The number of nitrogens with two attached hydrogens (primary N) is 1. The molecule has 0 saturated carbocycles. The van der Waals surface area contributed by atoms with Crippen molar-refractivity contribution in [3.05, 3.63) is 18.0 Å². The zero-order valence-electron chi connectivity index (χ0n) is 7.60. The van der Waals surface area contributed by atoms with Gasteiger partial charge in [0.1, 0.15) is 5.82 Å². The maximum Gasteiger partial charge on any atom is 0.178 e. The molecular weight excluding hydrogens is 166 g/mol. The number of rotatable bonds is 1. The van der Waals surface area contributed by atoms with Crippen molar-refractivity contribution in [2.45, 2.75) is 19.8 Å². The summed E-state index contributed by atoms with van der Waals surface area (Å²) in [4.78, 5) is 0. The molecular formula is C8H11N5. The molecule has 2 aromatic heterocycles. The molecule has 0 aromatic carbocycles. The molecule has 68 valence electrons. The highest BCUT2D eigenvalue weighted by atomic mass is 15.4. The van der Waals surface area contributed by atoms with Crippen molar-refractivity contribution in [1.29, 1.82) is 0 Å². The monoisotopic (exact) mass is 177 g/mol. The van der Waals surface area contributed by atoms with Crippen molar-refractivity contribution >= 4 is 11.5 Å². The van der Waals surface area contributed by atoms with Gasteiger partial charge in [0.05, 0.1) is 0 Å². The Labute approximate surface area is 75.6 Å². The minimum absolute atomic E-state index is 0.296. The van der Waals surface area contributed by atoms with Crippen LogP contribution in [0.3, 0.4) is 0 Å². The first-order chi connectivity index (χ1) is 6.18. The maximum absolute atomic E-state index is 5.56. The number of aromatic nitrogens is 4. The van der Waals surface area contributed by atoms with E-state index in [1.54, 1.807) is 16.6 Å². The van der Waals surface area contributed by atoms with Crippen LogP contribution in [0.1, 0.15) is 25.6 Å². The summed E-state index contributed by atoms with van der Waals surface area (Å²) >= 11 is 0. The van der Waals surface area contributed by atoms with E-state index in [2.05, 4.69) is 15.3 Å². The second kappa shape index (κ2) is 2.69. The van der Waals surface area contributed by atoms with Gasteiger partial charge in [-0.15, -0.1) is 15.3 Å². The molecule has 0 aliphatic carbocycles. The third-order valence-electron chi connectivity index (χ3n) is 1.82. The van der Waals surface area contributed by atoms with Crippen LogP contribution in [0.4, 0.5) is 5.82 Å². The van der Waals surface area contributed by atoms with Crippen molar-refractivity contribution in [1.82, 2.24) is 19.8 Å². The first-order valence-corrected chi connectivity index (χ1v) is 4.16. The van der Waals surface area contributed by atoms with Gasteiger partial charge in [-0.1, -0.05) is 13.8 Å². The molecule has 2 rings (SSSR count). The van der Waals surface area contributed by atoms with Crippen LogP contribution in [-0.2, 0) is 0 Å². The summed E-state index contributed by atoms with van der Waals surface area (Å²) in [6.07, 6.45) is 0. The molecule has 0 unspecified atom stereocenters. The molecule has 0 saturated heterocycles. The smallest absolute Gasteiger partial charge is 0.178 e. The molecule has 0 radical (unpaired) electrons. The van der Waals surface area contributed by atoms with Crippen LogP contribution in [-0.4, -0.2) is 19.8 Å². The lowest BCUT2D eigenvalue weighted by Gasteiger charge is -2.01. The lowest BCUT2D eigenvalue weighted by atomic mass is 10.2. The largest absolute Gasteiger partial charge is 0.382 e. The van der Waals surface area contributed by atoms with E-state index in [1.807, 2.05) is 13.8 Å². The van der Waals surface area contributed by atoms with E-state index in [0.717, 1.165) is 11.5 Å². The minimum Gasteiger partial charge on any atom is -0.382 e. The van der Waals surface area contributed by atoms with E-state index in [1.165, 1.54) is 0 Å². The van der Waals surface area contributed by atoms with Gasteiger partial charge >= 0.3 is 0 Å². The highest BCUT2D eigenvalue weighted by molar-refractivity contribution is 5.41. The van der Waals surface area contributed by atoms with Crippen LogP contribution in [0, 0.1) is 0 Å². The van der Waals surface area contributed by atoms with Gasteiger partial charge < -0.3 is 5.73 Å². The Hall–Kier alpha value is -1.65. The molecule has 0 aliphatic rings. The normalized spacial score (nSPS) is 11.3. The van der Waals surface area contributed by atoms with Gasteiger partial charge in [-0.25, -0.2) is 0 Å². The second-order valence-electron chi connectivity index (χ2n) is 3.24. The van der Waals surface area contributed by atoms with Gasteiger partial charge in [0, 0.05) is 5.92 Å². The van der Waals surface area contributed by atoms with Gasteiger partial charge in [-0.3, -0.25) is 0 Å². The maximum atomic E-state index is 5.56. The number of fused-ring (bicyclic) bond motifs is 1. The Balaban J connectivity index is 2.71. The Morgan fingerprint density at radius 2 is 2.08 bits per heavy atom. The summed E-state index contributed by atoms with van der Waals surface area (Å²) in [5.41, 5.74) is 6.30. The Morgan fingerprint density at radius 1 is 1.31 bits per heavy atom. The van der Waals surface area contributed by atoms with E-state index in [-0.39, 0.29) is 0 Å². The SMILES string of the molecule is CC(C)c1nnc2ccc(N)nn12. The number of nitrogen functional groups attached to an aromatic ring is 1. The Kier molecular flexibility index (Phi) is 1.65. The Bertz CT molecular complexity index is 431.